The lowest BCUT2D eigenvalue weighted by atomic mass is 10.1. The van der Waals surface area contributed by atoms with E-state index in [4.69, 9.17) is 0 Å². The third-order valence-electron chi connectivity index (χ3n) is 1.66. The van der Waals surface area contributed by atoms with Crippen molar-refractivity contribution in [3.05, 3.63) is 17.5 Å². The Balaban J connectivity index is 2.68. The van der Waals surface area contributed by atoms with Crippen molar-refractivity contribution >= 4 is 5.95 Å². The van der Waals surface area contributed by atoms with Gasteiger partial charge in [0.1, 0.15) is 0 Å². The summed E-state index contributed by atoms with van der Waals surface area (Å²) in [6.45, 7) is 7.76. The molecule has 0 saturated heterocycles. The fraction of sp³-hybridized carbons (Fsp3) is 0.600. The average molecular weight is 195 g/mol. The van der Waals surface area contributed by atoms with Crippen molar-refractivity contribution in [1.82, 2.24) is 9.97 Å². The van der Waals surface area contributed by atoms with Crippen LogP contribution in [0.2, 0.25) is 0 Å². The number of rotatable bonds is 3. The summed E-state index contributed by atoms with van der Waals surface area (Å²) in [5.41, 5.74) is 1.10. The molecule has 1 heterocycles. The van der Waals surface area contributed by atoms with Gasteiger partial charge in [-0.2, -0.15) is 0 Å². The van der Waals surface area contributed by atoms with Gasteiger partial charge in [0.2, 0.25) is 5.95 Å². The highest BCUT2D eigenvalue weighted by atomic mass is 16.3. The smallest absolute Gasteiger partial charge is 0.223 e. The second-order valence-corrected chi connectivity index (χ2v) is 4.14. The van der Waals surface area contributed by atoms with Crippen LogP contribution < -0.4 is 5.32 Å². The first-order valence-corrected chi connectivity index (χ1v) is 4.65. The summed E-state index contributed by atoms with van der Waals surface area (Å²) < 4.78 is 0. The topological polar surface area (TPSA) is 58.0 Å². The van der Waals surface area contributed by atoms with Gasteiger partial charge in [-0.05, 0) is 33.8 Å². The molecule has 2 N–H and O–H groups in total. The molecule has 1 rings (SSSR count). The molecule has 14 heavy (non-hydrogen) atoms. The molecule has 0 aliphatic rings. The lowest BCUT2D eigenvalue weighted by Crippen LogP contribution is -2.30. The third-order valence-corrected chi connectivity index (χ3v) is 1.66. The lowest BCUT2D eigenvalue weighted by Gasteiger charge is -2.17. The molecular weight excluding hydrogens is 178 g/mol. The summed E-state index contributed by atoms with van der Waals surface area (Å²) in [4.78, 5) is 8.41. The van der Waals surface area contributed by atoms with Gasteiger partial charge in [-0.15, -0.1) is 0 Å². The van der Waals surface area contributed by atoms with E-state index in [1.807, 2.05) is 19.9 Å². The SMILES string of the molecule is Cc1cc(C)nc(NCC(C)(C)O)n1. The predicted molar refractivity (Wildman–Crippen MR) is 56.3 cm³/mol. The van der Waals surface area contributed by atoms with Crippen LogP contribution in [-0.4, -0.2) is 27.2 Å². The first-order chi connectivity index (χ1) is 6.37. The summed E-state index contributed by atoms with van der Waals surface area (Å²) in [6.07, 6.45) is 0. The molecule has 1 aromatic rings. The molecule has 0 amide bonds. The molecule has 0 fully saturated rings. The van der Waals surface area contributed by atoms with E-state index < -0.39 is 5.60 Å². The Hall–Kier alpha value is -1.16. The summed E-state index contributed by atoms with van der Waals surface area (Å²) in [5, 5.41) is 12.5. The van der Waals surface area contributed by atoms with Gasteiger partial charge in [0.05, 0.1) is 5.60 Å². The third kappa shape index (κ3) is 3.70. The highest BCUT2D eigenvalue weighted by Gasteiger charge is 2.12. The van der Waals surface area contributed by atoms with Crippen LogP contribution in [0.1, 0.15) is 25.2 Å². The Kier molecular flexibility index (Phi) is 3.06. The predicted octanol–water partition coefficient (Wildman–Crippen LogP) is 1.28. The number of aryl methyl sites for hydroxylation is 2. The molecule has 0 aromatic carbocycles. The number of anilines is 1. The first-order valence-electron chi connectivity index (χ1n) is 4.65. The number of nitrogens with one attached hydrogen (secondary N) is 1. The zero-order valence-corrected chi connectivity index (χ0v) is 9.13. The molecule has 0 aliphatic heterocycles. The van der Waals surface area contributed by atoms with Crippen LogP contribution in [0.3, 0.4) is 0 Å². The van der Waals surface area contributed by atoms with Crippen LogP contribution in [-0.2, 0) is 0 Å². The minimum absolute atomic E-state index is 0.440. The second-order valence-electron chi connectivity index (χ2n) is 4.14. The molecule has 78 valence electrons. The molecule has 0 bridgehead atoms. The number of aromatic nitrogens is 2. The summed E-state index contributed by atoms with van der Waals surface area (Å²) in [7, 11) is 0. The molecule has 4 nitrogen and oxygen atoms in total. The van der Waals surface area contributed by atoms with Crippen LogP contribution in [0.15, 0.2) is 6.07 Å². The van der Waals surface area contributed by atoms with Crippen molar-refractivity contribution in [2.24, 2.45) is 0 Å². The van der Waals surface area contributed by atoms with Crippen molar-refractivity contribution in [3.63, 3.8) is 0 Å². The number of aliphatic hydroxyl groups is 1. The van der Waals surface area contributed by atoms with E-state index in [-0.39, 0.29) is 0 Å². The molecule has 0 atom stereocenters. The highest BCUT2D eigenvalue weighted by Crippen LogP contribution is 2.06. The zero-order valence-electron chi connectivity index (χ0n) is 9.13. The van der Waals surface area contributed by atoms with Crippen LogP contribution >= 0.6 is 0 Å². The van der Waals surface area contributed by atoms with Crippen LogP contribution in [0.25, 0.3) is 0 Å². The molecule has 0 aliphatic carbocycles. The standard InChI is InChI=1S/C10H17N3O/c1-7-5-8(2)13-9(12-7)11-6-10(3,4)14/h5,14H,6H2,1-4H3,(H,11,12,13). The van der Waals surface area contributed by atoms with Gasteiger partial charge >= 0.3 is 0 Å². The maximum absolute atomic E-state index is 9.50. The molecule has 0 radical (unpaired) electrons. The fourth-order valence-corrected chi connectivity index (χ4v) is 1.10. The minimum atomic E-state index is -0.749. The van der Waals surface area contributed by atoms with E-state index in [1.54, 1.807) is 13.8 Å². The number of hydrogen-bond acceptors (Lipinski definition) is 4. The van der Waals surface area contributed by atoms with Gasteiger partial charge < -0.3 is 10.4 Å². The summed E-state index contributed by atoms with van der Waals surface area (Å²) in [5.74, 6) is 0.574. The number of hydrogen-bond donors (Lipinski definition) is 2. The quantitative estimate of drug-likeness (QED) is 0.762. The van der Waals surface area contributed by atoms with Crippen molar-refractivity contribution in [1.29, 1.82) is 0 Å². The Morgan fingerprint density at radius 1 is 1.29 bits per heavy atom. The maximum Gasteiger partial charge on any atom is 0.223 e. The largest absolute Gasteiger partial charge is 0.389 e. The van der Waals surface area contributed by atoms with Crippen molar-refractivity contribution in [3.8, 4) is 0 Å². The van der Waals surface area contributed by atoms with E-state index in [1.165, 1.54) is 0 Å². The zero-order chi connectivity index (χ0) is 10.8. The summed E-state index contributed by atoms with van der Waals surface area (Å²) in [6, 6.07) is 1.91. The molecule has 1 aromatic heterocycles. The Morgan fingerprint density at radius 2 is 1.79 bits per heavy atom. The van der Waals surface area contributed by atoms with E-state index in [0.29, 0.717) is 12.5 Å². The van der Waals surface area contributed by atoms with E-state index in [2.05, 4.69) is 15.3 Å². The Bertz CT molecular complexity index is 297. The van der Waals surface area contributed by atoms with Crippen molar-refractivity contribution in [2.75, 3.05) is 11.9 Å². The van der Waals surface area contributed by atoms with Gasteiger partial charge in [-0.1, -0.05) is 0 Å². The molecule has 0 saturated carbocycles. The van der Waals surface area contributed by atoms with Crippen molar-refractivity contribution in [2.45, 2.75) is 33.3 Å². The minimum Gasteiger partial charge on any atom is -0.389 e. The van der Waals surface area contributed by atoms with Crippen molar-refractivity contribution < 1.29 is 5.11 Å². The van der Waals surface area contributed by atoms with E-state index in [9.17, 15) is 5.11 Å². The molecule has 4 heteroatoms. The van der Waals surface area contributed by atoms with Crippen LogP contribution in [0.4, 0.5) is 5.95 Å². The maximum atomic E-state index is 9.50. The van der Waals surface area contributed by atoms with Gasteiger partial charge in [-0.25, -0.2) is 9.97 Å². The van der Waals surface area contributed by atoms with Crippen LogP contribution in [0.5, 0.6) is 0 Å². The monoisotopic (exact) mass is 195 g/mol. The summed E-state index contributed by atoms with van der Waals surface area (Å²) >= 11 is 0. The van der Waals surface area contributed by atoms with E-state index in [0.717, 1.165) is 11.4 Å². The Labute approximate surface area is 84.4 Å². The second kappa shape index (κ2) is 3.92. The average Bonchev–Trinajstić information content (AvgIpc) is 1.97. The normalized spacial score (nSPS) is 11.5. The first kappa shape index (κ1) is 10.9. The van der Waals surface area contributed by atoms with Gasteiger partial charge in [-0.3, -0.25) is 0 Å². The highest BCUT2D eigenvalue weighted by molar-refractivity contribution is 5.28. The van der Waals surface area contributed by atoms with Gasteiger partial charge in [0, 0.05) is 17.9 Å². The lowest BCUT2D eigenvalue weighted by molar-refractivity contribution is 0.0943. The Morgan fingerprint density at radius 3 is 2.21 bits per heavy atom. The van der Waals surface area contributed by atoms with Gasteiger partial charge in [0.25, 0.3) is 0 Å². The number of nitrogens with zero attached hydrogens (tertiary/aromatic N) is 2. The molecule has 0 unspecified atom stereocenters. The van der Waals surface area contributed by atoms with E-state index >= 15 is 0 Å². The molecule has 0 spiro atoms. The van der Waals surface area contributed by atoms with Gasteiger partial charge in [0.15, 0.2) is 0 Å². The van der Waals surface area contributed by atoms with Crippen LogP contribution in [0, 0.1) is 13.8 Å². The fourth-order valence-electron chi connectivity index (χ4n) is 1.10. The molecular formula is C10H17N3O.